The predicted octanol–water partition coefficient (Wildman–Crippen LogP) is 8.89. The Morgan fingerprint density at radius 1 is 0.592 bits per heavy atom. The topological polar surface area (TPSA) is 169 Å². The molecule has 4 aromatic carbocycles. The van der Waals surface area contributed by atoms with E-state index >= 15 is 0 Å². The second-order valence-corrected chi connectivity index (χ2v) is 16.9. The molecule has 14 nitrogen and oxygen atoms in total. The molecular weight excluding hydrogens is 927 g/mol. The van der Waals surface area contributed by atoms with E-state index in [9.17, 15) is 31.1 Å². The van der Waals surface area contributed by atoms with E-state index in [-0.39, 0.29) is 5.56 Å². The molecule has 0 aliphatic carbocycles. The molecule has 0 saturated carbocycles. The third-order valence-electron chi connectivity index (χ3n) is 12.3. The number of aliphatic hydroxyl groups excluding tert-OH is 1. The number of fused-ring (bicyclic) bond motifs is 2. The highest BCUT2D eigenvalue weighted by atomic mass is 19.4. The SMILES string of the molecule is CO.Cn1nccc1-c1nnc(N2CCC(N)CC2)c2ccccc12.Cn1nccc1-c1nnc(N2CCC(NCc3ccc(C(F)(F)F)cc3)CC2)c2ccccc12.O=Cc1ccc(C(F)(F)F)cc1. The summed E-state index contributed by atoms with van der Waals surface area (Å²) in [6, 6.07) is 30.4. The number of hydrogen-bond donors (Lipinski definition) is 3. The normalized spacial score (nSPS) is 14.5. The average molecular weight is 981 g/mol. The number of aliphatic hydroxyl groups is 1. The quantitative estimate of drug-likeness (QED) is 0.0979. The number of aromatic nitrogens is 8. The van der Waals surface area contributed by atoms with Crippen molar-refractivity contribution in [2.24, 2.45) is 19.8 Å². The molecule has 4 N–H and O–H groups in total. The van der Waals surface area contributed by atoms with Crippen LogP contribution in [0.4, 0.5) is 38.0 Å². The Morgan fingerprint density at radius 3 is 1.39 bits per heavy atom. The Hall–Kier alpha value is -7.29. The van der Waals surface area contributed by atoms with Gasteiger partial charge in [-0.25, -0.2) is 0 Å². The fraction of sp³-hybridized carbons (Fsp3) is 0.314. The number of benzene rings is 4. The second kappa shape index (κ2) is 23.1. The Balaban J connectivity index is 0.000000172. The first-order valence-corrected chi connectivity index (χ1v) is 22.9. The number of rotatable bonds is 8. The summed E-state index contributed by atoms with van der Waals surface area (Å²) < 4.78 is 77.7. The minimum Gasteiger partial charge on any atom is -0.400 e. The largest absolute Gasteiger partial charge is 0.416 e. The van der Waals surface area contributed by atoms with Crippen molar-refractivity contribution >= 4 is 39.5 Å². The summed E-state index contributed by atoms with van der Waals surface area (Å²) in [5, 5.41) is 41.5. The number of hydrogen-bond acceptors (Lipinski definition) is 12. The van der Waals surface area contributed by atoms with E-state index < -0.39 is 23.5 Å². The Labute approximate surface area is 406 Å². The first kappa shape index (κ1) is 51.6. The van der Waals surface area contributed by atoms with Gasteiger partial charge in [0.1, 0.15) is 17.7 Å². The van der Waals surface area contributed by atoms with Crippen molar-refractivity contribution in [1.29, 1.82) is 0 Å². The molecule has 71 heavy (non-hydrogen) atoms. The van der Waals surface area contributed by atoms with Crippen LogP contribution < -0.4 is 20.9 Å². The van der Waals surface area contributed by atoms with Crippen molar-refractivity contribution in [3.8, 4) is 22.8 Å². The van der Waals surface area contributed by atoms with Crippen molar-refractivity contribution in [3.63, 3.8) is 0 Å². The lowest BCUT2D eigenvalue weighted by Gasteiger charge is -2.33. The van der Waals surface area contributed by atoms with Crippen molar-refractivity contribution in [2.45, 2.75) is 56.7 Å². The standard InChI is InChI=1S/C25H25F3N6.C17H20N6.C8H5F3O.CH4O/c1-33-22(10-13-30-33)23-20-4-2-3-5-21(20)24(32-31-23)34-14-11-19(12-15-34)29-16-17-6-8-18(9-7-17)25(26,27)28;1-22-15(6-9-19-22)16-13-4-2-3-5-14(13)17(21-20-16)23-10-7-12(18)8-11-23;9-8(10,11)7-3-1-6(5-12)2-4-7;1-2/h2-10,13,19,29H,11-12,14-16H2,1H3;2-6,9,12H,7-8,10-11,18H2,1H3;1-5H;2H,1H3. The van der Waals surface area contributed by atoms with E-state index in [1.807, 2.05) is 49.1 Å². The van der Waals surface area contributed by atoms with Crippen LogP contribution in [0.15, 0.2) is 122 Å². The van der Waals surface area contributed by atoms with Gasteiger partial charge in [0, 0.05) is 106 Å². The Morgan fingerprint density at radius 2 is 1.00 bits per heavy atom. The molecular formula is C51H54F6N12O2. The summed E-state index contributed by atoms with van der Waals surface area (Å²) in [4.78, 5) is 14.6. The zero-order valence-corrected chi connectivity index (χ0v) is 39.3. The number of alkyl halides is 6. The number of aryl methyl sites for hydroxylation is 2. The van der Waals surface area contributed by atoms with Crippen LogP contribution >= 0.6 is 0 Å². The lowest BCUT2D eigenvalue weighted by Crippen LogP contribution is -2.42. The monoisotopic (exact) mass is 980 g/mol. The lowest BCUT2D eigenvalue weighted by molar-refractivity contribution is -0.138. The van der Waals surface area contributed by atoms with Gasteiger partial charge in [0.05, 0.1) is 22.5 Å². The number of anilines is 2. The molecule has 372 valence electrons. The van der Waals surface area contributed by atoms with Gasteiger partial charge < -0.3 is 26.0 Å². The van der Waals surface area contributed by atoms with E-state index in [0.29, 0.717) is 24.9 Å². The van der Waals surface area contributed by atoms with Crippen LogP contribution in [-0.2, 0) is 33.0 Å². The van der Waals surface area contributed by atoms with Crippen LogP contribution in [0.3, 0.4) is 0 Å². The smallest absolute Gasteiger partial charge is 0.400 e. The van der Waals surface area contributed by atoms with Gasteiger partial charge in [-0.15, -0.1) is 20.4 Å². The Bertz CT molecular complexity index is 2980. The third-order valence-corrected chi connectivity index (χ3v) is 12.3. The number of nitrogens with one attached hydrogen (secondary N) is 1. The summed E-state index contributed by atoms with van der Waals surface area (Å²) in [6.07, 6.45) is -0.767. The highest BCUT2D eigenvalue weighted by Gasteiger charge is 2.31. The van der Waals surface area contributed by atoms with E-state index in [0.717, 1.165) is 157 Å². The highest BCUT2D eigenvalue weighted by molar-refractivity contribution is 6.00. The van der Waals surface area contributed by atoms with Gasteiger partial charge in [0.25, 0.3) is 0 Å². The van der Waals surface area contributed by atoms with Gasteiger partial charge in [-0.2, -0.15) is 36.5 Å². The van der Waals surface area contributed by atoms with Gasteiger partial charge in [0.2, 0.25) is 0 Å². The van der Waals surface area contributed by atoms with Crippen LogP contribution in [0.5, 0.6) is 0 Å². The zero-order chi connectivity index (χ0) is 50.7. The van der Waals surface area contributed by atoms with Crippen molar-refractivity contribution < 1.29 is 36.2 Å². The van der Waals surface area contributed by atoms with Crippen LogP contribution in [0.25, 0.3) is 44.3 Å². The molecule has 0 radical (unpaired) electrons. The van der Waals surface area contributed by atoms with Crippen LogP contribution in [-0.4, -0.2) is 96.7 Å². The summed E-state index contributed by atoms with van der Waals surface area (Å²) in [7, 11) is 4.81. The maximum Gasteiger partial charge on any atom is 0.416 e. The molecule has 0 unspecified atom stereocenters. The molecule has 0 atom stereocenters. The number of halogens is 6. The number of nitrogens with zero attached hydrogens (tertiary/aromatic N) is 10. The second-order valence-electron chi connectivity index (χ2n) is 16.9. The predicted molar refractivity (Wildman–Crippen MR) is 261 cm³/mol. The van der Waals surface area contributed by atoms with Gasteiger partial charge >= 0.3 is 12.4 Å². The first-order valence-electron chi connectivity index (χ1n) is 22.9. The number of nitrogens with two attached hydrogens (primary N) is 1. The first-order chi connectivity index (χ1) is 34.2. The molecule has 0 amide bonds. The zero-order valence-electron chi connectivity index (χ0n) is 39.3. The molecule has 10 rings (SSSR count). The van der Waals surface area contributed by atoms with Gasteiger partial charge in [-0.3, -0.25) is 14.2 Å². The van der Waals surface area contributed by atoms with Crippen molar-refractivity contribution in [3.05, 3.63) is 144 Å². The van der Waals surface area contributed by atoms with E-state index in [1.165, 1.54) is 12.1 Å². The summed E-state index contributed by atoms with van der Waals surface area (Å²) in [5.41, 5.74) is 9.32. The van der Waals surface area contributed by atoms with Crippen molar-refractivity contribution in [1.82, 2.24) is 45.3 Å². The average Bonchev–Trinajstić information content (AvgIpc) is 4.03. The van der Waals surface area contributed by atoms with Crippen LogP contribution in [0.2, 0.25) is 0 Å². The number of carbonyl (C=O) groups is 1. The molecule has 0 spiro atoms. The van der Waals surface area contributed by atoms with Crippen LogP contribution in [0.1, 0.15) is 52.7 Å². The molecule has 4 aromatic heterocycles. The highest BCUT2D eigenvalue weighted by Crippen LogP contribution is 2.35. The number of carbonyl (C=O) groups excluding carboxylic acids is 1. The molecule has 2 fully saturated rings. The fourth-order valence-corrected chi connectivity index (χ4v) is 8.47. The van der Waals surface area contributed by atoms with E-state index in [1.54, 1.807) is 17.1 Å². The Kier molecular flexibility index (Phi) is 16.8. The van der Waals surface area contributed by atoms with E-state index in [4.69, 9.17) is 10.8 Å². The minimum absolute atomic E-state index is 0.239. The molecule has 20 heteroatoms. The van der Waals surface area contributed by atoms with Gasteiger partial charge in [-0.1, -0.05) is 72.8 Å². The summed E-state index contributed by atoms with van der Waals surface area (Å²) in [5.74, 6) is 1.83. The minimum atomic E-state index is -4.33. The maximum atomic E-state index is 12.7. The maximum absolute atomic E-state index is 12.7. The number of piperidine rings is 2. The molecule has 8 aromatic rings. The number of aldehydes is 1. The summed E-state index contributed by atoms with van der Waals surface area (Å²) in [6.45, 7) is 4.07. The molecule has 2 aliphatic heterocycles. The third kappa shape index (κ3) is 12.5. The molecule has 2 aliphatic rings. The molecule has 0 bridgehead atoms. The molecule has 2 saturated heterocycles. The van der Waals surface area contributed by atoms with Crippen LogP contribution in [0, 0.1) is 0 Å². The van der Waals surface area contributed by atoms with Gasteiger partial charge in [-0.05, 0) is 67.6 Å². The van der Waals surface area contributed by atoms with Crippen molar-refractivity contribution in [2.75, 3.05) is 43.1 Å². The fourth-order valence-electron chi connectivity index (χ4n) is 8.47. The van der Waals surface area contributed by atoms with Gasteiger partial charge in [0.15, 0.2) is 11.6 Å². The lowest BCUT2D eigenvalue weighted by atomic mass is 10.0. The summed E-state index contributed by atoms with van der Waals surface area (Å²) >= 11 is 0. The van der Waals surface area contributed by atoms with E-state index in [2.05, 4.69) is 76.0 Å². The molecule has 6 heterocycles.